The Labute approximate surface area is 126 Å². The summed E-state index contributed by atoms with van der Waals surface area (Å²) in [5, 5.41) is 11.9. The van der Waals surface area contributed by atoms with Crippen molar-refractivity contribution in [2.75, 3.05) is 11.9 Å². The average molecular weight is 292 g/mol. The van der Waals surface area contributed by atoms with Crippen molar-refractivity contribution >= 4 is 17.7 Å². The first-order valence-corrected chi connectivity index (χ1v) is 7.07. The smallest absolute Gasteiger partial charge is 0.329 e. The van der Waals surface area contributed by atoms with Gasteiger partial charge in [-0.05, 0) is 50.5 Å². The number of anilines is 1. The fourth-order valence-electron chi connectivity index (χ4n) is 2.30. The zero-order valence-electron chi connectivity index (χ0n) is 13.4. The lowest BCUT2D eigenvalue weighted by Crippen LogP contribution is -2.55. The molecule has 0 aliphatic rings. The number of urea groups is 1. The third-order valence-electron chi connectivity index (χ3n) is 3.50. The molecule has 1 unspecified atom stereocenters. The topological polar surface area (TPSA) is 69.6 Å². The number of nitrogens with one attached hydrogen (secondary N) is 1. The van der Waals surface area contributed by atoms with Crippen LogP contribution in [-0.2, 0) is 4.79 Å². The molecule has 116 valence electrons. The van der Waals surface area contributed by atoms with Crippen molar-refractivity contribution < 1.29 is 14.7 Å². The van der Waals surface area contributed by atoms with Gasteiger partial charge >= 0.3 is 12.0 Å². The van der Waals surface area contributed by atoms with Crippen LogP contribution in [0.15, 0.2) is 18.2 Å². The van der Waals surface area contributed by atoms with Crippen LogP contribution >= 0.6 is 0 Å². The molecule has 5 heteroatoms. The monoisotopic (exact) mass is 292 g/mol. The van der Waals surface area contributed by atoms with Crippen LogP contribution in [0.1, 0.15) is 37.8 Å². The Hall–Kier alpha value is -2.04. The Morgan fingerprint density at radius 1 is 1.24 bits per heavy atom. The van der Waals surface area contributed by atoms with E-state index in [1.165, 1.54) is 11.8 Å². The van der Waals surface area contributed by atoms with Gasteiger partial charge in [-0.1, -0.05) is 19.4 Å². The van der Waals surface area contributed by atoms with Crippen LogP contribution < -0.4 is 10.2 Å². The van der Waals surface area contributed by atoms with Gasteiger partial charge in [0.05, 0.1) is 0 Å². The molecule has 1 aromatic rings. The first-order valence-electron chi connectivity index (χ1n) is 7.07. The van der Waals surface area contributed by atoms with Gasteiger partial charge in [0.25, 0.3) is 0 Å². The Bertz CT molecular complexity index is 522. The molecule has 0 fully saturated rings. The van der Waals surface area contributed by atoms with E-state index in [2.05, 4.69) is 5.32 Å². The van der Waals surface area contributed by atoms with Gasteiger partial charge in [0, 0.05) is 12.7 Å². The van der Waals surface area contributed by atoms with E-state index in [4.69, 9.17) is 0 Å². The van der Waals surface area contributed by atoms with E-state index in [-0.39, 0.29) is 0 Å². The molecule has 1 rings (SSSR count). The number of carboxylic acid groups (broad SMARTS) is 1. The second kappa shape index (κ2) is 6.61. The lowest BCUT2D eigenvalue weighted by molar-refractivity contribution is -0.144. The Balaban J connectivity index is 2.94. The Kier molecular flexibility index (Phi) is 5.35. The number of hydrogen-bond acceptors (Lipinski definition) is 2. The number of rotatable bonds is 5. The highest BCUT2D eigenvalue weighted by Crippen LogP contribution is 2.19. The summed E-state index contributed by atoms with van der Waals surface area (Å²) in [7, 11) is 1.64. The lowest BCUT2D eigenvalue weighted by Gasteiger charge is -2.29. The molecule has 0 saturated heterocycles. The second-order valence-electron chi connectivity index (χ2n) is 5.72. The van der Waals surface area contributed by atoms with Crippen LogP contribution in [-0.4, -0.2) is 29.7 Å². The molecule has 1 atom stereocenters. The molecule has 0 aromatic heterocycles. The van der Waals surface area contributed by atoms with E-state index < -0.39 is 17.5 Å². The highest BCUT2D eigenvalue weighted by Gasteiger charge is 2.34. The van der Waals surface area contributed by atoms with Crippen LogP contribution in [0.25, 0.3) is 0 Å². The zero-order chi connectivity index (χ0) is 16.2. The number of amides is 2. The van der Waals surface area contributed by atoms with Crippen molar-refractivity contribution in [3.05, 3.63) is 29.3 Å². The Morgan fingerprint density at radius 2 is 1.76 bits per heavy atom. The van der Waals surface area contributed by atoms with Gasteiger partial charge < -0.3 is 10.4 Å². The summed E-state index contributed by atoms with van der Waals surface area (Å²) in [6.45, 7) is 7.34. The molecule has 21 heavy (non-hydrogen) atoms. The van der Waals surface area contributed by atoms with Crippen LogP contribution in [0.5, 0.6) is 0 Å². The van der Waals surface area contributed by atoms with Crippen LogP contribution in [0.4, 0.5) is 10.5 Å². The van der Waals surface area contributed by atoms with E-state index in [0.717, 1.165) is 16.8 Å². The van der Waals surface area contributed by atoms with Crippen molar-refractivity contribution in [2.45, 2.75) is 46.1 Å². The fraction of sp³-hybridized carbons (Fsp3) is 0.500. The number of carbonyl (C=O) groups excluding carboxylic acids is 1. The maximum atomic E-state index is 12.3. The maximum absolute atomic E-state index is 12.3. The van der Waals surface area contributed by atoms with Gasteiger partial charge in [0.15, 0.2) is 0 Å². The minimum Gasteiger partial charge on any atom is -0.480 e. The van der Waals surface area contributed by atoms with Gasteiger partial charge in [0.1, 0.15) is 5.54 Å². The number of benzene rings is 1. The first-order chi connectivity index (χ1) is 9.69. The summed E-state index contributed by atoms with van der Waals surface area (Å²) >= 11 is 0. The van der Waals surface area contributed by atoms with Gasteiger partial charge in [-0.25, -0.2) is 9.59 Å². The van der Waals surface area contributed by atoms with Gasteiger partial charge in [0.2, 0.25) is 0 Å². The molecule has 0 aliphatic carbocycles. The summed E-state index contributed by atoms with van der Waals surface area (Å²) in [5.74, 6) is -1.02. The van der Waals surface area contributed by atoms with Crippen LogP contribution in [0.3, 0.4) is 0 Å². The quantitative estimate of drug-likeness (QED) is 0.876. The molecule has 5 nitrogen and oxygen atoms in total. The SMILES string of the molecule is CCCC(C)(NC(=O)N(C)c1cc(C)cc(C)c1)C(=O)O. The third-order valence-corrected chi connectivity index (χ3v) is 3.50. The van der Waals surface area contributed by atoms with Crippen molar-refractivity contribution in [1.82, 2.24) is 5.32 Å². The van der Waals surface area contributed by atoms with Crippen molar-refractivity contribution in [3.8, 4) is 0 Å². The Morgan fingerprint density at radius 3 is 2.19 bits per heavy atom. The molecule has 1 aromatic carbocycles. The lowest BCUT2D eigenvalue weighted by atomic mass is 9.96. The molecular weight excluding hydrogens is 268 g/mol. The minimum atomic E-state index is -1.25. The van der Waals surface area contributed by atoms with E-state index >= 15 is 0 Å². The minimum absolute atomic E-state index is 0.384. The normalized spacial score (nSPS) is 13.4. The van der Waals surface area contributed by atoms with Gasteiger partial charge in [-0.2, -0.15) is 0 Å². The number of hydrogen-bond donors (Lipinski definition) is 2. The molecule has 0 aliphatic heterocycles. The second-order valence-corrected chi connectivity index (χ2v) is 5.72. The van der Waals surface area contributed by atoms with Crippen molar-refractivity contribution in [3.63, 3.8) is 0 Å². The first kappa shape index (κ1) is 17.0. The van der Waals surface area contributed by atoms with Crippen LogP contribution in [0.2, 0.25) is 0 Å². The zero-order valence-corrected chi connectivity index (χ0v) is 13.4. The summed E-state index contributed by atoms with van der Waals surface area (Å²) in [5.41, 5.74) is 1.60. The predicted octanol–water partition coefficient (Wildman–Crippen LogP) is 3.09. The van der Waals surface area contributed by atoms with E-state index in [9.17, 15) is 14.7 Å². The van der Waals surface area contributed by atoms with Gasteiger partial charge in [-0.15, -0.1) is 0 Å². The van der Waals surface area contributed by atoms with E-state index in [0.29, 0.717) is 12.8 Å². The number of aryl methyl sites for hydroxylation is 2. The van der Waals surface area contributed by atoms with Crippen LogP contribution in [0, 0.1) is 13.8 Å². The summed E-state index contributed by atoms with van der Waals surface area (Å²) in [4.78, 5) is 25.1. The number of carbonyl (C=O) groups is 2. The summed E-state index contributed by atoms with van der Waals surface area (Å²) < 4.78 is 0. The third kappa shape index (κ3) is 4.21. The van der Waals surface area contributed by atoms with Crippen molar-refractivity contribution in [1.29, 1.82) is 0 Å². The van der Waals surface area contributed by atoms with Gasteiger partial charge in [-0.3, -0.25) is 4.90 Å². The largest absolute Gasteiger partial charge is 0.480 e. The predicted molar refractivity (Wildman–Crippen MR) is 83.8 cm³/mol. The highest BCUT2D eigenvalue weighted by atomic mass is 16.4. The molecule has 0 bridgehead atoms. The molecule has 0 heterocycles. The molecule has 2 N–H and O–H groups in total. The van der Waals surface area contributed by atoms with Crippen molar-refractivity contribution in [2.24, 2.45) is 0 Å². The van der Waals surface area contributed by atoms with E-state index in [1.54, 1.807) is 7.05 Å². The number of carboxylic acids is 1. The maximum Gasteiger partial charge on any atom is 0.329 e. The molecule has 0 spiro atoms. The summed E-state index contributed by atoms with van der Waals surface area (Å²) in [6.07, 6.45) is 1.06. The molecule has 0 saturated carbocycles. The fourth-order valence-corrected chi connectivity index (χ4v) is 2.30. The number of aliphatic carboxylic acids is 1. The van der Waals surface area contributed by atoms with E-state index in [1.807, 2.05) is 39.0 Å². The number of nitrogens with zero attached hydrogens (tertiary/aromatic N) is 1. The molecule has 0 radical (unpaired) electrons. The standard InChI is InChI=1S/C16H24N2O3/c1-6-7-16(4,14(19)20)17-15(21)18(5)13-9-11(2)8-12(3)10-13/h8-10H,6-7H2,1-5H3,(H,17,21)(H,19,20). The summed E-state index contributed by atoms with van der Waals surface area (Å²) in [6, 6.07) is 5.39. The average Bonchev–Trinajstić information content (AvgIpc) is 2.36. The molecule has 2 amide bonds. The molecular formula is C16H24N2O3. The highest BCUT2D eigenvalue weighted by molar-refractivity contribution is 5.95.